The van der Waals surface area contributed by atoms with Crippen LogP contribution in [0, 0.1) is 16.0 Å². The smallest absolute Gasteiger partial charge is 0.291 e. The van der Waals surface area contributed by atoms with Gasteiger partial charge in [-0.1, -0.05) is 56.4 Å². The first-order valence-electron chi connectivity index (χ1n) is 12.2. The minimum Gasteiger partial charge on any atom is -0.291 e. The standard InChI is InChI=1S/C27H22N4O7S3/c1-27(2,3)16-6-4-15(5-7-16)21-20(22(32)24-28-12-13-39-24)23(33)25(34)30(21)26-29-14-19(40-26)41(37,38)18-10-8-17(9-11-18)31(35)36/h4-14,20-21H,1-3H3. The molecule has 1 aliphatic heterocycles. The minimum absolute atomic E-state index is 0.0786. The summed E-state index contributed by atoms with van der Waals surface area (Å²) in [5.74, 6) is -3.95. The highest BCUT2D eigenvalue weighted by Crippen LogP contribution is 2.44. The van der Waals surface area contributed by atoms with E-state index >= 15 is 0 Å². The van der Waals surface area contributed by atoms with Crippen molar-refractivity contribution in [3.63, 3.8) is 0 Å². The monoisotopic (exact) mass is 610 g/mol. The SMILES string of the molecule is CC(C)(C)c1ccc(C2C(C(=O)c3nccs3)C(=O)C(=O)N2c2ncc(S(=O)(=O)c3ccc([N+](=O)[O-])cc3)s2)cc1. The number of aromatic nitrogens is 2. The number of amides is 1. The lowest BCUT2D eigenvalue weighted by molar-refractivity contribution is -0.384. The average molecular weight is 611 g/mol. The fourth-order valence-electron chi connectivity index (χ4n) is 4.49. The summed E-state index contributed by atoms with van der Waals surface area (Å²) in [6.07, 6.45) is 2.49. The van der Waals surface area contributed by atoms with Crippen LogP contribution in [0.25, 0.3) is 0 Å². The third-order valence-corrected chi connectivity index (χ3v) is 10.7. The van der Waals surface area contributed by atoms with E-state index in [1.807, 2.05) is 32.9 Å². The van der Waals surface area contributed by atoms with Gasteiger partial charge in [-0.2, -0.15) is 0 Å². The van der Waals surface area contributed by atoms with Crippen molar-refractivity contribution in [3.05, 3.63) is 92.6 Å². The summed E-state index contributed by atoms with van der Waals surface area (Å²) in [6.45, 7) is 6.11. The maximum absolute atomic E-state index is 13.5. The van der Waals surface area contributed by atoms with Gasteiger partial charge in [-0.15, -0.1) is 11.3 Å². The van der Waals surface area contributed by atoms with Crippen molar-refractivity contribution in [2.24, 2.45) is 5.92 Å². The van der Waals surface area contributed by atoms with Crippen molar-refractivity contribution in [3.8, 4) is 0 Å². The molecule has 3 heterocycles. The zero-order valence-electron chi connectivity index (χ0n) is 21.9. The van der Waals surface area contributed by atoms with E-state index in [1.54, 1.807) is 17.5 Å². The number of non-ortho nitro benzene ring substituents is 1. The number of thiazole rings is 2. The number of benzene rings is 2. The summed E-state index contributed by atoms with van der Waals surface area (Å²) in [5.41, 5.74) is 1.05. The molecule has 0 radical (unpaired) electrons. The molecule has 2 atom stereocenters. The van der Waals surface area contributed by atoms with Crippen LogP contribution in [-0.2, 0) is 24.8 Å². The summed E-state index contributed by atoms with van der Waals surface area (Å²) >= 11 is 1.71. The quantitative estimate of drug-likeness (QED) is 0.0943. The first kappa shape index (κ1) is 28.4. The second-order valence-corrected chi connectivity index (χ2v) is 14.3. The number of carbonyl (C=O) groups is 3. The van der Waals surface area contributed by atoms with Gasteiger partial charge in [-0.05, 0) is 28.7 Å². The summed E-state index contributed by atoms with van der Waals surface area (Å²) in [5, 5.41) is 12.6. The van der Waals surface area contributed by atoms with E-state index in [0.717, 1.165) is 52.3 Å². The number of Topliss-reactive ketones (excluding diaryl/α,β-unsaturated/α-hetero) is 2. The van der Waals surface area contributed by atoms with Gasteiger partial charge in [-0.3, -0.25) is 29.4 Å². The molecule has 11 nitrogen and oxygen atoms in total. The zero-order valence-corrected chi connectivity index (χ0v) is 24.3. The molecule has 2 unspecified atom stereocenters. The van der Waals surface area contributed by atoms with Gasteiger partial charge in [0.2, 0.25) is 21.4 Å². The van der Waals surface area contributed by atoms with Crippen LogP contribution in [0.3, 0.4) is 0 Å². The van der Waals surface area contributed by atoms with Gasteiger partial charge in [0.05, 0.1) is 22.1 Å². The van der Waals surface area contributed by atoms with Crippen LogP contribution in [-0.4, -0.2) is 40.8 Å². The first-order chi connectivity index (χ1) is 19.3. The van der Waals surface area contributed by atoms with Gasteiger partial charge in [-0.25, -0.2) is 18.4 Å². The molecule has 0 bridgehead atoms. The second kappa shape index (κ2) is 10.4. The Bertz CT molecular complexity index is 1770. The molecule has 210 valence electrons. The summed E-state index contributed by atoms with van der Waals surface area (Å²) in [6, 6.07) is 10.5. The zero-order chi connectivity index (χ0) is 29.7. The van der Waals surface area contributed by atoms with E-state index in [0.29, 0.717) is 16.9 Å². The molecule has 1 aliphatic rings. The van der Waals surface area contributed by atoms with Gasteiger partial charge < -0.3 is 0 Å². The van der Waals surface area contributed by atoms with Crippen molar-refractivity contribution in [2.45, 2.75) is 41.3 Å². The Morgan fingerprint density at radius 1 is 1.02 bits per heavy atom. The summed E-state index contributed by atoms with van der Waals surface area (Å²) in [4.78, 5) is 59.6. The molecule has 1 saturated heterocycles. The van der Waals surface area contributed by atoms with E-state index in [2.05, 4.69) is 9.97 Å². The average Bonchev–Trinajstić information content (AvgIpc) is 3.69. The Morgan fingerprint density at radius 2 is 1.68 bits per heavy atom. The van der Waals surface area contributed by atoms with Crippen molar-refractivity contribution in [1.82, 2.24) is 9.97 Å². The van der Waals surface area contributed by atoms with Gasteiger partial charge in [0.15, 0.2) is 10.1 Å². The maximum atomic E-state index is 13.5. The van der Waals surface area contributed by atoms with E-state index in [4.69, 9.17) is 0 Å². The summed E-state index contributed by atoms with van der Waals surface area (Å²) < 4.78 is 26.3. The fourth-order valence-corrected chi connectivity index (χ4v) is 7.66. The highest BCUT2D eigenvalue weighted by Gasteiger charge is 2.54. The highest BCUT2D eigenvalue weighted by molar-refractivity contribution is 7.93. The number of ketones is 2. The van der Waals surface area contributed by atoms with Crippen molar-refractivity contribution >= 4 is 60.8 Å². The lowest BCUT2D eigenvalue weighted by Gasteiger charge is -2.26. The van der Waals surface area contributed by atoms with Gasteiger partial charge in [0.25, 0.3) is 11.6 Å². The van der Waals surface area contributed by atoms with E-state index in [-0.39, 0.29) is 30.3 Å². The Morgan fingerprint density at radius 3 is 2.24 bits per heavy atom. The number of sulfone groups is 1. The third kappa shape index (κ3) is 5.09. The normalized spacial score (nSPS) is 17.7. The van der Waals surface area contributed by atoms with Crippen molar-refractivity contribution in [2.75, 3.05) is 4.90 Å². The van der Waals surface area contributed by atoms with Gasteiger partial charge in [0.1, 0.15) is 10.1 Å². The lowest BCUT2D eigenvalue weighted by atomic mass is 9.84. The van der Waals surface area contributed by atoms with Crippen LogP contribution in [0.15, 0.2) is 75.4 Å². The van der Waals surface area contributed by atoms with Gasteiger partial charge in [0, 0.05) is 23.7 Å². The topological polar surface area (TPSA) is 158 Å². The van der Waals surface area contributed by atoms with Crippen LogP contribution in [0.4, 0.5) is 10.8 Å². The van der Waals surface area contributed by atoms with Gasteiger partial charge >= 0.3 is 0 Å². The lowest BCUT2D eigenvalue weighted by Crippen LogP contribution is -2.30. The molecular formula is C27H22N4O7S3. The van der Waals surface area contributed by atoms with E-state index < -0.39 is 44.2 Å². The van der Waals surface area contributed by atoms with Crippen LogP contribution in [0.2, 0.25) is 0 Å². The molecule has 5 rings (SSSR count). The fraction of sp³-hybridized carbons (Fsp3) is 0.222. The number of hydrogen-bond acceptors (Lipinski definition) is 11. The Kier molecular flexibility index (Phi) is 7.17. The number of nitrogens with zero attached hydrogens (tertiary/aromatic N) is 4. The molecule has 0 saturated carbocycles. The molecular weight excluding hydrogens is 589 g/mol. The molecule has 14 heteroatoms. The Labute approximate surface area is 242 Å². The number of hydrogen-bond donors (Lipinski definition) is 0. The molecule has 0 aliphatic carbocycles. The number of anilines is 1. The largest absolute Gasteiger partial charge is 0.297 e. The van der Waals surface area contributed by atoms with E-state index in [1.165, 1.54) is 6.20 Å². The molecule has 4 aromatic rings. The molecule has 0 spiro atoms. The molecule has 41 heavy (non-hydrogen) atoms. The molecule has 2 aromatic carbocycles. The van der Waals surface area contributed by atoms with Crippen molar-refractivity contribution < 1.29 is 27.7 Å². The number of carbonyl (C=O) groups excluding carboxylic acids is 3. The second-order valence-electron chi connectivity index (χ2n) is 10.3. The number of nitro groups is 1. The van der Waals surface area contributed by atoms with Crippen LogP contribution >= 0.6 is 22.7 Å². The molecule has 1 fully saturated rings. The van der Waals surface area contributed by atoms with Crippen LogP contribution in [0.5, 0.6) is 0 Å². The van der Waals surface area contributed by atoms with Crippen LogP contribution in [0.1, 0.15) is 47.7 Å². The molecule has 0 N–H and O–H groups in total. The highest BCUT2D eigenvalue weighted by atomic mass is 32.2. The predicted octanol–water partition coefficient (Wildman–Crippen LogP) is 4.79. The van der Waals surface area contributed by atoms with E-state index in [9.17, 15) is 32.9 Å². The van der Waals surface area contributed by atoms with Crippen LogP contribution < -0.4 is 4.90 Å². The molecule has 2 aromatic heterocycles. The Balaban J connectivity index is 1.58. The third-order valence-electron chi connectivity index (χ3n) is 6.65. The Hall–Kier alpha value is -4.14. The predicted molar refractivity (Wildman–Crippen MR) is 151 cm³/mol. The maximum Gasteiger partial charge on any atom is 0.297 e. The first-order valence-corrected chi connectivity index (χ1v) is 15.4. The summed E-state index contributed by atoms with van der Waals surface area (Å²) in [7, 11) is -4.16. The van der Waals surface area contributed by atoms with Crippen molar-refractivity contribution in [1.29, 1.82) is 0 Å². The minimum atomic E-state index is -4.16. The number of nitro benzene ring substituents is 1. The number of rotatable bonds is 7. The molecule has 1 amide bonds.